The Labute approximate surface area is 114 Å². The van der Waals surface area contributed by atoms with Crippen LogP contribution in [0.5, 0.6) is 0 Å². The number of aliphatic hydroxyl groups is 1. The highest BCUT2D eigenvalue weighted by Gasteiger charge is 2.12. The summed E-state index contributed by atoms with van der Waals surface area (Å²) in [5.41, 5.74) is 3.35. The highest BCUT2D eigenvalue weighted by atomic mass is 16.3. The number of anilines is 1. The second-order valence-electron chi connectivity index (χ2n) is 4.93. The molecular weight excluding hydrogens is 236 g/mol. The molecule has 2 aromatic rings. The minimum absolute atomic E-state index is 0.510. The molecule has 0 radical (unpaired) electrons. The molecule has 0 aliphatic rings. The summed E-state index contributed by atoms with van der Waals surface area (Å²) in [6.07, 6.45) is 1.25. The van der Waals surface area contributed by atoms with E-state index in [1.165, 1.54) is 11.1 Å². The van der Waals surface area contributed by atoms with E-state index in [1.54, 1.807) is 13.1 Å². The summed E-state index contributed by atoms with van der Waals surface area (Å²) < 4.78 is 0. The van der Waals surface area contributed by atoms with Gasteiger partial charge in [0.15, 0.2) is 0 Å². The molecule has 1 aromatic carbocycles. The number of hydrogen-bond acceptors (Lipinski definition) is 3. The summed E-state index contributed by atoms with van der Waals surface area (Å²) in [5, 5.41) is 9.79. The molecule has 3 heteroatoms. The van der Waals surface area contributed by atoms with Gasteiger partial charge in [0.1, 0.15) is 5.82 Å². The zero-order valence-corrected chi connectivity index (χ0v) is 11.7. The molecule has 19 heavy (non-hydrogen) atoms. The Bertz CT molecular complexity index is 535. The molecule has 1 N–H and O–H groups in total. The van der Waals surface area contributed by atoms with Gasteiger partial charge in [-0.25, -0.2) is 4.98 Å². The molecule has 3 nitrogen and oxygen atoms in total. The van der Waals surface area contributed by atoms with Crippen LogP contribution in [0.1, 0.15) is 29.7 Å². The van der Waals surface area contributed by atoms with Gasteiger partial charge in [0.2, 0.25) is 0 Å². The minimum atomic E-state index is -0.510. The van der Waals surface area contributed by atoms with Crippen LogP contribution in [0.2, 0.25) is 0 Å². The third-order valence-electron chi connectivity index (χ3n) is 3.17. The van der Waals surface area contributed by atoms with Crippen molar-refractivity contribution in [3.05, 3.63) is 59.3 Å². The SMILES string of the molecule is Cc1ccc(CN(C)c2ncccc2[C@H](C)O)cc1. The first-order valence-corrected chi connectivity index (χ1v) is 6.47. The second-order valence-corrected chi connectivity index (χ2v) is 4.93. The van der Waals surface area contributed by atoms with Gasteiger partial charge in [0.05, 0.1) is 6.10 Å². The number of nitrogens with zero attached hydrogens (tertiary/aromatic N) is 2. The first-order chi connectivity index (χ1) is 9.08. The van der Waals surface area contributed by atoms with Crippen molar-refractivity contribution in [1.82, 2.24) is 4.98 Å². The van der Waals surface area contributed by atoms with Crippen LogP contribution in [0.15, 0.2) is 42.6 Å². The Balaban J connectivity index is 2.20. The van der Waals surface area contributed by atoms with E-state index in [1.807, 2.05) is 19.2 Å². The van der Waals surface area contributed by atoms with Crippen LogP contribution in [0.25, 0.3) is 0 Å². The van der Waals surface area contributed by atoms with Crippen LogP contribution >= 0.6 is 0 Å². The normalized spacial score (nSPS) is 12.2. The van der Waals surface area contributed by atoms with Gasteiger partial charge in [-0.1, -0.05) is 35.9 Å². The smallest absolute Gasteiger partial charge is 0.134 e. The molecule has 1 atom stereocenters. The van der Waals surface area contributed by atoms with Crippen LogP contribution < -0.4 is 4.90 Å². The van der Waals surface area contributed by atoms with E-state index >= 15 is 0 Å². The van der Waals surface area contributed by atoms with E-state index in [0.29, 0.717) is 0 Å². The lowest BCUT2D eigenvalue weighted by molar-refractivity contribution is 0.199. The molecule has 0 aliphatic carbocycles. The predicted octanol–water partition coefficient (Wildman–Crippen LogP) is 3.08. The zero-order valence-electron chi connectivity index (χ0n) is 11.7. The van der Waals surface area contributed by atoms with Crippen LogP contribution in [0, 0.1) is 6.92 Å². The van der Waals surface area contributed by atoms with Crippen molar-refractivity contribution in [2.75, 3.05) is 11.9 Å². The second kappa shape index (κ2) is 5.85. The van der Waals surface area contributed by atoms with Crippen molar-refractivity contribution in [2.24, 2.45) is 0 Å². The average Bonchev–Trinajstić information content (AvgIpc) is 2.41. The van der Waals surface area contributed by atoms with Gasteiger partial charge < -0.3 is 10.0 Å². The third kappa shape index (κ3) is 3.32. The van der Waals surface area contributed by atoms with E-state index in [0.717, 1.165) is 17.9 Å². The summed E-state index contributed by atoms with van der Waals surface area (Å²) in [5.74, 6) is 0.832. The van der Waals surface area contributed by atoms with Crippen molar-refractivity contribution in [1.29, 1.82) is 0 Å². The van der Waals surface area contributed by atoms with Gasteiger partial charge >= 0.3 is 0 Å². The minimum Gasteiger partial charge on any atom is -0.389 e. The summed E-state index contributed by atoms with van der Waals surface area (Å²) >= 11 is 0. The fourth-order valence-corrected chi connectivity index (χ4v) is 2.10. The maximum absolute atomic E-state index is 9.79. The standard InChI is InChI=1S/C16H20N2O/c1-12-6-8-14(9-7-12)11-18(3)16-15(13(2)19)5-4-10-17-16/h4-10,13,19H,11H2,1-3H3/t13-/m0/s1. The predicted molar refractivity (Wildman–Crippen MR) is 78.2 cm³/mol. The van der Waals surface area contributed by atoms with E-state index in [9.17, 15) is 5.11 Å². The Morgan fingerprint density at radius 2 is 1.89 bits per heavy atom. The fraction of sp³-hybridized carbons (Fsp3) is 0.312. The van der Waals surface area contributed by atoms with Crippen molar-refractivity contribution in [3.63, 3.8) is 0 Å². The zero-order chi connectivity index (χ0) is 13.8. The third-order valence-corrected chi connectivity index (χ3v) is 3.17. The van der Waals surface area contributed by atoms with E-state index in [-0.39, 0.29) is 0 Å². The average molecular weight is 256 g/mol. The number of aryl methyl sites for hydroxylation is 1. The number of rotatable bonds is 4. The van der Waals surface area contributed by atoms with E-state index in [4.69, 9.17) is 0 Å². The summed E-state index contributed by atoms with van der Waals surface area (Å²) in [6, 6.07) is 12.2. The van der Waals surface area contributed by atoms with Crippen LogP contribution in [0.4, 0.5) is 5.82 Å². The van der Waals surface area contributed by atoms with E-state index < -0.39 is 6.10 Å². The first kappa shape index (κ1) is 13.6. The number of hydrogen-bond donors (Lipinski definition) is 1. The van der Waals surface area contributed by atoms with Gasteiger partial charge in [-0.2, -0.15) is 0 Å². The van der Waals surface area contributed by atoms with Crippen molar-refractivity contribution < 1.29 is 5.11 Å². The largest absolute Gasteiger partial charge is 0.389 e. The Hall–Kier alpha value is -1.87. The van der Waals surface area contributed by atoms with Crippen LogP contribution in [0.3, 0.4) is 0 Å². The number of aliphatic hydroxyl groups excluding tert-OH is 1. The number of benzene rings is 1. The van der Waals surface area contributed by atoms with Crippen molar-refractivity contribution in [2.45, 2.75) is 26.5 Å². The maximum Gasteiger partial charge on any atom is 0.134 e. The molecule has 0 saturated heterocycles. The van der Waals surface area contributed by atoms with Gasteiger partial charge in [-0.05, 0) is 25.5 Å². The maximum atomic E-state index is 9.79. The Kier molecular flexibility index (Phi) is 4.17. The van der Waals surface area contributed by atoms with Gasteiger partial charge in [-0.15, -0.1) is 0 Å². The summed E-state index contributed by atoms with van der Waals surface area (Å²) in [7, 11) is 1.99. The van der Waals surface area contributed by atoms with Crippen LogP contribution in [-0.4, -0.2) is 17.1 Å². The first-order valence-electron chi connectivity index (χ1n) is 6.47. The molecule has 0 bridgehead atoms. The van der Waals surface area contributed by atoms with Gasteiger partial charge in [0, 0.05) is 25.4 Å². The lowest BCUT2D eigenvalue weighted by atomic mass is 10.1. The molecule has 0 saturated carbocycles. The number of pyridine rings is 1. The van der Waals surface area contributed by atoms with Gasteiger partial charge in [0.25, 0.3) is 0 Å². The molecule has 100 valence electrons. The highest BCUT2D eigenvalue weighted by Crippen LogP contribution is 2.23. The monoisotopic (exact) mass is 256 g/mol. The van der Waals surface area contributed by atoms with Gasteiger partial charge in [-0.3, -0.25) is 0 Å². The van der Waals surface area contributed by atoms with Crippen molar-refractivity contribution in [3.8, 4) is 0 Å². The molecular formula is C16H20N2O. The fourth-order valence-electron chi connectivity index (χ4n) is 2.10. The molecule has 0 spiro atoms. The molecule has 0 unspecified atom stereocenters. The molecule has 0 fully saturated rings. The molecule has 0 aliphatic heterocycles. The van der Waals surface area contributed by atoms with Crippen molar-refractivity contribution >= 4 is 5.82 Å². The lowest BCUT2D eigenvalue weighted by Crippen LogP contribution is -2.20. The quantitative estimate of drug-likeness (QED) is 0.913. The Morgan fingerprint density at radius 3 is 2.53 bits per heavy atom. The Morgan fingerprint density at radius 1 is 1.21 bits per heavy atom. The summed E-state index contributed by atoms with van der Waals surface area (Å²) in [6.45, 7) is 4.62. The summed E-state index contributed by atoms with van der Waals surface area (Å²) in [4.78, 5) is 6.44. The molecule has 1 aromatic heterocycles. The molecule has 2 rings (SSSR count). The lowest BCUT2D eigenvalue weighted by Gasteiger charge is -2.22. The number of aromatic nitrogens is 1. The molecule has 0 amide bonds. The van der Waals surface area contributed by atoms with E-state index in [2.05, 4.69) is 41.1 Å². The molecule has 1 heterocycles. The highest BCUT2D eigenvalue weighted by molar-refractivity contribution is 5.47. The topological polar surface area (TPSA) is 36.4 Å². The van der Waals surface area contributed by atoms with Crippen LogP contribution in [-0.2, 0) is 6.54 Å².